The van der Waals surface area contributed by atoms with Crippen molar-refractivity contribution in [3.63, 3.8) is 0 Å². The molecule has 0 radical (unpaired) electrons. The van der Waals surface area contributed by atoms with E-state index in [-0.39, 0.29) is 15.5 Å². The molecule has 0 bridgehead atoms. The van der Waals surface area contributed by atoms with Crippen LogP contribution in [0.1, 0.15) is 25.7 Å². The molecule has 0 atom stereocenters. The Labute approximate surface area is 169 Å². The molecule has 7 nitrogen and oxygen atoms in total. The van der Waals surface area contributed by atoms with Gasteiger partial charge in [0, 0.05) is 18.0 Å². The highest BCUT2D eigenvalue weighted by Crippen LogP contribution is 2.21. The number of hydrogen-bond acceptors (Lipinski definition) is 5. The number of anilines is 1. The maximum atomic E-state index is 12.7. The van der Waals surface area contributed by atoms with Gasteiger partial charge in [0.25, 0.3) is 20.0 Å². The van der Waals surface area contributed by atoms with Crippen molar-refractivity contribution in [2.45, 2.75) is 35.5 Å². The molecule has 150 valence electrons. The molecule has 1 aliphatic heterocycles. The number of aliphatic imine (C=N–C) groups is 1. The summed E-state index contributed by atoms with van der Waals surface area (Å²) in [6.45, 7) is 0.596. The molecule has 0 fully saturated rings. The Kier molecular flexibility index (Phi) is 6.26. The van der Waals surface area contributed by atoms with E-state index in [0.717, 1.165) is 19.3 Å². The standard InChI is InChI=1S/C18H20ClN3O4S2/c19-14-8-10-16(11-9-14)27(23,24)21-15-5-4-6-17(13-15)28(25,26)22-18-7-2-1-3-12-20-18/h4-6,8-11,13,21H,1-3,7,12H2,(H,20,22). The number of sulfonamides is 2. The van der Waals surface area contributed by atoms with Crippen molar-refractivity contribution in [2.24, 2.45) is 4.99 Å². The van der Waals surface area contributed by atoms with Gasteiger partial charge in [-0.1, -0.05) is 24.1 Å². The van der Waals surface area contributed by atoms with E-state index >= 15 is 0 Å². The second kappa shape index (κ2) is 8.50. The second-order valence-corrected chi connectivity index (χ2v) is 10.1. The molecule has 2 N–H and O–H groups in total. The monoisotopic (exact) mass is 441 g/mol. The van der Waals surface area contributed by atoms with E-state index < -0.39 is 20.0 Å². The fraction of sp³-hybridized carbons (Fsp3) is 0.278. The Morgan fingerprint density at radius 3 is 2.29 bits per heavy atom. The first-order valence-corrected chi connectivity index (χ1v) is 12.1. The summed E-state index contributed by atoms with van der Waals surface area (Å²) in [5.41, 5.74) is 0.139. The number of halogens is 1. The largest absolute Gasteiger partial charge is 0.280 e. The van der Waals surface area contributed by atoms with E-state index in [1.807, 2.05) is 0 Å². The molecule has 0 saturated carbocycles. The maximum absolute atomic E-state index is 12.7. The lowest BCUT2D eigenvalue weighted by Gasteiger charge is -2.12. The van der Waals surface area contributed by atoms with E-state index in [1.165, 1.54) is 48.5 Å². The number of amidine groups is 1. The minimum atomic E-state index is -3.87. The van der Waals surface area contributed by atoms with Gasteiger partial charge in [-0.3, -0.25) is 14.4 Å². The van der Waals surface area contributed by atoms with Crippen LogP contribution in [0.5, 0.6) is 0 Å². The normalized spacial score (nSPS) is 15.4. The van der Waals surface area contributed by atoms with Gasteiger partial charge in [0.1, 0.15) is 5.84 Å². The average molecular weight is 442 g/mol. The lowest BCUT2D eigenvalue weighted by Crippen LogP contribution is -2.30. The van der Waals surface area contributed by atoms with Gasteiger partial charge in [0.2, 0.25) is 0 Å². The number of nitrogens with zero attached hydrogens (tertiary/aromatic N) is 1. The Morgan fingerprint density at radius 1 is 0.821 bits per heavy atom. The molecule has 2 aromatic carbocycles. The van der Waals surface area contributed by atoms with Crippen molar-refractivity contribution in [1.29, 1.82) is 0 Å². The smallest absolute Gasteiger partial charge is 0.262 e. The number of hydrogen-bond donors (Lipinski definition) is 2. The summed E-state index contributed by atoms with van der Waals surface area (Å²) in [6, 6.07) is 11.3. The van der Waals surface area contributed by atoms with Gasteiger partial charge in [0.15, 0.2) is 0 Å². The summed E-state index contributed by atoms with van der Waals surface area (Å²) in [4.78, 5) is 4.25. The Balaban J connectivity index is 1.81. The third kappa shape index (κ3) is 5.24. The molecule has 0 spiro atoms. The minimum absolute atomic E-state index is 0.0242. The molecular weight excluding hydrogens is 422 g/mol. The first-order valence-electron chi connectivity index (χ1n) is 8.71. The summed E-state index contributed by atoms with van der Waals surface area (Å²) in [5, 5.41) is 0.416. The second-order valence-electron chi connectivity index (χ2n) is 6.33. The first-order chi connectivity index (χ1) is 13.3. The number of rotatable bonds is 5. The van der Waals surface area contributed by atoms with E-state index in [1.54, 1.807) is 0 Å². The van der Waals surface area contributed by atoms with E-state index in [9.17, 15) is 16.8 Å². The molecule has 1 heterocycles. The third-order valence-electron chi connectivity index (χ3n) is 4.15. The minimum Gasteiger partial charge on any atom is -0.280 e. The van der Waals surface area contributed by atoms with Gasteiger partial charge in [-0.05, 0) is 55.3 Å². The van der Waals surface area contributed by atoms with Crippen molar-refractivity contribution >= 4 is 43.2 Å². The van der Waals surface area contributed by atoms with Gasteiger partial charge < -0.3 is 0 Å². The molecule has 0 saturated heterocycles. The molecule has 0 aliphatic carbocycles. The van der Waals surface area contributed by atoms with Gasteiger partial charge >= 0.3 is 0 Å². The van der Waals surface area contributed by atoms with E-state index in [0.29, 0.717) is 23.8 Å². The lowest BCUT2D eigenvalue weighted by molar-refractivity contribution is 0.591. The molecule has 0 aromatic heterocycles. The summed E-state index contributed by atoms with van der Waals surface area (Å²) in [6.07, 6.45) is 3.40. The molecule has 2 aromatic rings. The Hall–Kier alpha value is -2.10. The van der Waals surface area contributed by atoms with Crippen molar-refractivity contribution in [1.82, 2.24) is 4.72 Å². The van der Waals surface area contributed by atoms with Crippen LogP contribution < -0.4 is 9.44 Å². The predicted octanol–water partition coefficient (Wildman–Crippen LogP) is 3.39. The zero-order valence-electron chi connectivity index (χ0n) is 14.9. The highest BCUT2D eigenvalue weighted by atomic mass is 35.5. The van der Waals surface area contributed by atoms with Crippen LogP contribution in [0.25, 0.3) is 0 Å². The van der Waals surface area contributed by atoms with Gasteiger partial charge in [-0.25, -0.2) is 16.8 Å². The van der Waals surface area contributed by atoms with E-state index in [2.05, 4.69) is 14.4 Å². The fourth-order valence-corrected chi connectivity index (χ4v) is 5.04. The fourth-order valence-electron chi connectivity index (χ4n) is 2.73. The van der Waals surface area contributed by atoms with Crippen LogP contribution in [0, 0.1) is 0 Å². The van der Waals surface area contributed by atoms with E-state index in [4.69, 9.17) is 11.6 Å². The van der Waals surface area contributed by atoms with Crippen LogP contribution in [-0.2, 0) is 20.0 Å². The number of nitrogens with one attached hydrogen (secondary N) is 2. The molecule has 3 rings (SSSR count). The van der Waals surface area contributed by atoms with Crippen LogP contribution in [0.15, 0.2) is 63.3 Å². The van der Waals surface area contributed by atoms with Crippen molar-refractivity contribution in [3.8, 4) is 0 Å². The van der Waals surface area contributed by atoms with Crippen molar-refractivity contribution in [2.75, 3.05) is 11.3 Å². The van der Waals surface area contributed by atoms with Crippen LogP contribution in [0.3, 0.4) is 0 Å². The van der Waals surface area contributed by atoms with Crippen LogP contribution in [0.2, 0.25) is 5.02 Å². The topological polar surface area (TPSA) is 105 Å². The quantitative estimate of drug-likeness (QED) is 0.741. The first kappa shape index (κ1) is 20.6. The summed E-state index contributed by atoms with van der Waals surface area (Å²) in [5.74, 6) is 0.435. The van der Waals surface area contributed by atoms with Crippen molar-refractivity contribution in [3.05, 3.63) is 53.6 Å². The summed E-state index contributed by atoms with van der Waals surface area (Å²) < 4.78 is 55.2. The molecule has 0 amide bonds. The van der Waals surface area contributed by atoms with Gasteiger partial charge in [-0.15, -0.1) is 0 Å². The van der Waals surface area contributed by atoms with Gasteiger partial charge in [0.05, 0.1) is 15.5 Å². The zero-order valence-corrected chi connectivity index (χ0v) is 17.3. The van der Waals surface area contributed by atoms with Crippen molar-refractivity contribution < 1.29 is 16.8 Å². The van der Waals surface area contributed by atoms with Crippen LogP contribution >= 0.6 is 11.6 Å². The number of benzene rings is 2. The maximum Gasteiger partial charge on any atom is 0.262 e. The third-order valence-corrected chi connectivity index (χ3v) is 7.18. The van der Waals surface area contributed by atoms with Crippen LogP contribution in [0.4, 0.5) is 5.69 Å². The average Bonchev–Trinajstić information content (AvgIpc) is 2.90. The summed E-state index contributed by atoms with van der Waals surface area (Å²) in [7, 11) is -7.73. The van der Waals surface area contributed by atoms with Crippen LogP contribution in [-0.4, -0.2) is 29.2 Å². The molecule has 0 unspecified atom stereocenters. The highest BCUT2D eigenvalue weighted by Gasteiger charge is 2.19. The Bertz CT molecular complexity index is 1080. The molecule has 1 aliphatic rings. The SMILES string of the molecule is O=S(=O)(NC1=NCCCCC1)c1cccc(NS(=O)(=O)c2ccc(Cl)cc2)c1. The highest BCUT2D eigenvalue weighted by molar-refractivity contribution is 7.92. The zero-order chi connectivity index (χ0) is 20.2. The Morgan fingerprint density at radius 2 is 1.54 bits per heavy atom. The lowest BCUT2D eigenvalue weighted by atomic mass is 10.2. The molecular formula is C18H20ClN3O4S2. The molecule has 10 heteroatoms. The van der Waals surface area contributed by atoms with Gasteiger partial charge in [-0.2, -0.15) is 0 Å². The molecule has 28 heavy (non-hydrogen) atoms. The summed E-state index contributed by atoms with van der Waals surface area (Å²) >= 11 is 5.78. The predicted molar refractivity (Wildman–Crippen MR) is 110 cm³/mol.